The zero-order chi connectivity index (χ0) is 15.8. The maximum absolute atomic E-state index is 12.2. The van der Waals surface area contributed by atoms with Crippen LogP contribution in [0.3, 0.4) is 0 Å². The van der Waals surface area contributed by atoms with Crippen molar-refractivity contribution in [1.82, 2.24) is 10.3 Å². The van der Waals surface area contributed by atoms with Crippen molar-refractivity contribution in [2.75, 3.05) is 0 Å². The Kier molecular flexibility index (Phi) is 3.87. The van der Waals surface area contributed by atoms with E-state index in [1.165, 1.54) is 16.6 Å². The fourth-order valence-electron chi connectivity index (χ4n) is 3.37. The number of carbonyl (C=O) groups is 1. The largest absolute Gasteiger partial charge is 0.358 e. The van der Waals surface area contributed by atoms with Crippen molar-refractivity contribution >= 4 is 39.7 Å². The molecule has 0 saturated heterocycles. The van der Waals surface area contributed by atoms with Crippen LogP contribution in [0.2, 0.25) is 5.02 Å². The molecule has 2 aromatic heterocycles. The Morgan fingerprint density at radius 2 is 2.30 bits per heavy atom. The SMILES string of the molecule is O=C(Cc1cccs1)NC1CCc2[nH]c3cc(Cl)ccc3c2C1. The van der Waals surface area contributed by atoms with Crippen molar-refractivity contribution in [2.45, 2.75) is 31.7 Å². The molecule has 3 nitrogen and oxygen atoms in total. The van der Waals surface area contributed by atoms with Crippen molar-refractivity contribution in [3.63, 3.8) is 0 Å². The van der Waals surface area contributed by atoms with E-state index in [1.807, 2.05) is 29.6 Å². The fourth-order valence-corrected chi connectivity index (χ4v) is 4.25. The Hall–Kier alpha value is -1.78. The molecule has 4 rings (SSSR count). The summed E-state index contributed by atoms with van der Waals surface area (Å²) in [7, 11) is 0. The topological polar surface area (TPSA) is 44.9 Å². The zero-order valence-corrected chi connectivity index (χ0v) is 14.1. The summed E-state index contributed by atoms with van der Waals surface area (Å²) in [6, 6.07) is 10.2. The predicted molar refractivity (Wildman–Crippen MR) is 95.3 cm³/mol. The second-order valence-corrected chi connectivity index (χ2v) is 7.50. The Morgan fingerprint density at radius 1 is 1.39 bits per heavy atom. The third-order valence-corrected chi connectivity index (χ3v) is 5.54. The van der Waals surface area contributed by atoms with Gasteiger partial charge in [-0.15, -0.1) is 11.3 Å². The number of aromatic nitrogens is 1. The Bertz CT molecular complexity index is 853. The first-order chi connectivity index (χ1) is 11.2. The lowest BCUT2D eigenvalue weighted by molar-refractivity contribution is -0.121. The maximum atomic E-state index is 12.2. The normalized spacial score (nSPS) is 17.2. The number of amides is 1. The summed E-state index contributed by atoms with van der Waals surface area (Å²) in [6.07, 6.45) is 3.30. The number of hydrogen-bond acceptors (Lipinski definition) is 2. The highest BCUT2D eigenvalue weighted by molar-refractivity contribution is 7.10. The Labute approximate surface area is 143 Å². The summed E-state index contributed by atoms with van der Waals surface area (Å²) in [5.41, 5.74) is 3.70. The van der Waals surface area contributed by atoms with E-state index < -0.39 is 0 Å². The van der Waals surface area contributed by atoms with Crippen molar-refractivity contribution in [3.05, 3.63) is 56.9 Å². The smallest absolute Gasteiger partial charge is 0.225 e. The zero-order valence-electron chi connectivity index (χ0n) is 12.6. The molecule has 1 amide bonds. The van der Waals surface area contributed by atoms with Gasteiger partial charge in [0.15, 0.2) is 0 Å². The van der Waals surface area contributed by atoms with Crippen molar-refractivity contribution < 1.29 is 4.79 Å². The Morgan fingerprint density at radius 3 is 3.13 bits per heavy atom. The van der Waals surface area contributed by atoms with E-state index in [0.29, 0.717) is 6.42 Å². The number of aromatic amines is 1. The fraction of sp³-hybridized carbons (Fsp3) is 0.278. The average molecular weight is 345 g/mol. The molecule has 3 aromatic rings. The van der Waals surface area contributed by atoms with E-state index in [0.717, 1.165) is 34.7 Å². The van der Waals surface area contributed by atoms with Gasteiger partial charge in [-0.2, -0.15) is 0 Å². The van der Waals surface area contributed by atoms with Gasteiger partial charge in [-0.3, -0.25) is 4.79 Å². The van der Waals surface area contributed by atoms with E-state index in [4.69, 9.17) is 11.6 Å². The molecule has 0 aliphatic heterocycles. The number of aryl methyl sites for hydroxylation is 1. The molecule has 1 atom stereocenters. The van der Waals surface area contributed by atoms with Crippen LogP contribution < -0.4 is 5.32 Å². The molecule has 1 aliphatic carbocycles. The van der Waals surface area contributed by atoms with Gasteiger partial charge in [0.2, 0.25) is 5.91 Å². The highest BCUT2D eigenvalue weighted by atomic mass is 35.5. The van der Waals surface area contributed by atoms with Gasteiger partial charge in [0.05, 0.1) is 6.42 Å². The minimum absolute atomic E-state index is 0.115. The highest BCUT2D eigenvalue weighted by Gasteiger charge is 2.23. The monoisotopic (exact) mass is 344 g/mol. The number of hydrogen-bond donors (Lipinski definition) is 2. The van der Waals surface area contributed by atoms with Crippen LogP contribution in [-0.2, 0) is 24.1 Å². The lowest BCUT2D eigenvalue weighted by Gasteiger charge is -2.23. The van der Waals surface area contributed by atoms with Crippen LogP contribution in [-0.4, -0.2) is 16.9 Å². The molecule has 1 aliphatic rings. The molecular formula is C18H17ClN2OS. The van der Waals surface area contributed by atoms with E-state index in [2.05, 4.69) is 16.4 Å². The summed E-state index contributed by atoms with van der Waals surface area (Å²) in [4.78, 5) is 16.8. The molecule has 0 spiro atoms. The minimum Gasteiger partial charge on any atom is -0.358 e. The third kappa shape index (κ3) is 3.01. The average Bonchev–Trinajstić information content (AvgIpc) is 3.13. The molecular weight excluding hydrogens is 328 g/mol. The van der Waals surface area contributed by atoms with Gasteiger partial charge in [0.1, 0.15) is 0 Å². The number of benzene rings is 1. The van der Waals surface area contributed by atoms with Crippen molar-refractivity contribution in [2.24, 2.45) is 0 Å². The number of nitrogens with one attached hydrogen (secondary N) is 2. The predicted octanol–water partition coefficient (Wildman–Crippen LogP) is 4.10. The van der Waals surface area contributed by atoms with E-state index >= 15 is 0 Å². The molecule has 1 unspecified atom stereocenters. The molecule has 0 bridgehead atoms. The number of H-pyrrole nitrogens is 1. The van der Waals surface area contributed by atoms with E-state index in [-0.39, 0.29) is 11.9 Å². The molecule has 23 heavy (non-hydrogen) atoms. The summed E-state index contributed by atoms with van der Waals surface area (Å²) >= 11 is 7.70. The molecule has 2 heterocycles. The summed E-state index contributed by atoms with van der Waals surface area (Å²) in [5, 5.41) is 7.17. The number of carbonyl (C=O) groups excluding carboxylic acids is 1. The summed E-state index contributed by atoms with van der Waals surface area (Å²) in [5.74, 6) is 0.115. The molecule has 1 aromatic carbocycles. The molecule has 5 heteroatoms. The van der Waals surface area contributed by atoms with Crippen LogP contribution >= 0.6 is 22.9 Å². The number of thiophene rings is 1. The van der Waals surface area contributed by atoms with Gasteiger partial charge in [-0.05, 0) is 48.4 Å². The van der Waals surface area contributed by atoms with Crippen molar-refractivity contribution in [1.29, 1.82) is 0 Å². The van der Waals surface area contributed by atoms with E-state index in [1.54, 1.807) is 11.3 Å². The van der Waals surface area contributed by atoms with Crippen LogP contribution in [0.25, 0.3) is 10.9 Å². The summed E-state index contributed by atoms with van der Waals surface area (Å²) in [6.45, 7) is 0. The quantitative estimate of drug-likeness (QED) is 0.738. The standard InChI is InChI=1S/C18H17ClN2OS/c19-11-3-5-14-15-9-12(4-6-16(15)21-17(14)8-11)20-18(22)10-13-2-1-7-23-13/h1-3,5,7-8,12,21H,4,6,9-10H2,(H,20,22). The molecule has 0 saturated carbocycles. The van der Waals surface area contributed by atoms with Gasteiger partial charge in [-0.25, -0.2) is 0 Å². The number of rotatable bonds is 3. The minimum atomic E-state index is 0.115. The van der Waals surface area contributed by atoms with Gasteiger partial charge in [0, 0.05) is 32.5 Å². The lowest BCUT2D eigenvalue weighted by Crippen LogP contribution is -2.39. The second-order valence-electron chi connectivity index (χ2n) is 6.04. The molecule has 0 fully saturated rings. The highest BCUT2D eigenvalue weighted by Crippen LogP contribution is 2.30. The van der Waals surface area contributed by atoms with Crippen LogP contribution in [0.1, 0.15) is 22.6 Å². The van der Waals surface area contributed by atoms with Crippen molar-refractivity contribution in [3.8, 4) is 0 Å². The van der Waals surface area contributed by atoms with Gasteiger partial charge >= 0.3 is 0 Å². The van der Waals surface area contributed by atoms with Gasteiger partial charge < -0.3 is 10.3 Å². The first-order valence-corrected chi connectivity index (χ1v) is 9.05. The first-order valence-electron chi connectivity index (χ1n) is 7.80. The number of fused-ring (bicyclic) bond motifs is 3. The molecule has 2 N–H and O–H groups in total. The lowest BCUT2D eigenvalue weighted by atomic mass is 9.91. The Balaban J connectivity index is 1.50. The third-order valence-electron chi connectivity index (χ3n) is 4.43. The first kappa shape index (κ1) is 14.8. The van der Waals surface area contributed by atoms with E-state index in [9.17, 15) is 4.79 Å². The molecule has 0 radical (unpaired) electrons. The molecule has 118 valence electrons. The van der Waals surface area contributed by atoms with Gasteiger partial charge in [-0.1, -0.05) is 23.7 Å². The van der Waals surface area contributed by atoms with Crippen LogP contribution in [0, 0.1) is 0 Å². The van der Waals surface area contributed by atoms with Crippen LogP contribution in [0.4, 0.5) is 0 Å². The second kappa shape index (κ2) is 6.02. The summed E-state index contributed by atoms with van der Waals surface area (Å²) < 4.78 is 0. The van der Waals surface area contributed by atoms with Crippen LogP contribution in [0.5, 0.6) is 0 Å². The van der Waals surface area contributed by atoms with Crippen LogP contribution in [0.15, 0.2) is 35.7 Å². The number of halogens is 1. The maximum Gasteiger partial charge on any atom is 0.225 e. The van der Waals surface area contributed by atoms with Gasteiger partial charge in [0.25, 0.3) is 0 Å².